The second-order valence-corrected chi connectivity index (χ2v) is 2.93. The highest BCUT2D eigenvalue weighted by molar-refractivity contribution is 5.98. The van der Waals surface area contributed by atoms with Crippen molar-refractivity contribution in [1.29, 1.82) is 0 Å². The number of nitrogens with two attached hydrogens (primary N) is 1. The Morgan fingerprint density at radius 2 is 2.13 bits per heavy atom. The number of benzene rings is 1. The zero-order chi connectivity index (χ0) is 11.6. The molecule has 0 unspecified atom stereocenters. The third-order valence-corrected chi connectivity index (χ3v) is 1.98. The van der Waals surface area contributed by atoms with Gasteiger partial charge in [0.25, 0.3) is 5.91 Å². The highest BCUT2D eigenvalue weighted by Gasteiger charge is 2.25. The molecule has 0 heterocycles. The molecule has 0 saturated heterocycles. The van der Waals surface area contributed by atoms with Gasteiger partial charge in [-0.2, -0.15) is 0 Å². The Balaban J connectivity index is 3.56. The molecule has 0 aliphatic heterocycles. The van der Waals surface area contributed by atoms with Crippen LogP contribution in [0.5, 0.6) is 5.75 Å². The molecule has 80 valence electrons. The molecule has 2 N–H and O–H groups in total. The molecule has 6 nitrogen and oxygen atoms in total. The summed E-state index contributed by atoms with van der Waals surface area (Å²) in [6.45, 7) is 1.65. The zero-order valence-corrected chi connectivity index (χ0v) is 8.31. The number of nitrogens with zero attached hydrogens (tertiary/aromatic N) is 1. The molecule has 0 spiro atoms. The van der Waals surface area contributed by atoms with E-state index in [1.165, 1.54) is 13.2 Å². The number of primary amides is 1. The third kappa shape index (κ3) is 1.88. The minimum Gasteiger partial charge on any atom is -0.490 e. The number of nitro groups is 1. The minimum atomic E-state index is -0.847. The first kappa shape index (κ1) is 11.0. The molecule has 15 heavy (non-hydrogen) atoms. The summed E-state index contributed by atoms with van der Waals surface area (Å²) >= 11 is 0. The highest BCUT2D eigenvalue weighted by atomic mass is 16.6. The molecule has 6 heteroatoms. The van der Waals surface area contributed by atoms with Gasteiger partial charge in [-0.3, -0.25) is 14.9 Å². The van der Waals surface area contributed by atoms with Crippen LogP contribution in [0, 0.1) is 17.0 Å². The molecular formula is C9H10N2O4. The molecule has 1 rings (SSSR count). The lowest BCUT2D eigenvalue weighted by Crippen LogP contribution is -2.14. The van der Waals surface area contributed by atoms with Crippen LogP contribution in [-0.4, -0.2) is 17.9 Å². The number of aryl methyl sites for hydroxylation is 1. The monoisotopic (exact) mass is 210 g/mol. The van der Waals surface area contributed by atoms with Crippen molar-refractivity contribution < 1.29 is 14.5 Å². The number of carbonyl (C=O) groups is 1. The van der Waals surface area contributed by atoms with Crippen LogP contribution in [0.15, 0.2) is 12.1 Å². The first-order valence-corrected chi connectivity index (χ1v) is 4.10. The fraction of sp³-hybridized carbons (Fsp3) is 0.222. The second-order valence-electron chi connectivity index (χ2n) is 2.93. The Labute approximate surface area is 85.8 Å². The van der Waals surface area contributed by atoms with Crippen LogP contribution in [0.1, 0.15) is 15.9 Å². The van der Waals surface area contributed by atoms with E-state index in [1.807, 2.05) is 0 Å². The predicted octanol–water partition coefficient (Wildman–Crippen LogP) is 1.01. The number of hydrogen-bond donors (Lipinski definition) is 1. The van der Waals surface area contributed by atoms with Crippen molar-refractivity contribution in [3.05, 3.63) is 33.4 Å². The van der Waals surface area contributed by atoms with Gasteiger partial charge in [-0.05, 0) is 18.6 Å². The van der Waals surface area contributed by atoms with Crippen LogP contribution in [0.4, 0.5) is 5.69 Å². The lowest BCUT2D eigenvalue weighted by molar-refractivity contribution is -0.386. The van der Waals surface area contributed by atoms with Crippen molar-refractivity contribution in [1.82, 2.24) is 0 Å². The summed E-state index contributed by atoms with van der Waals surface area (Å²) in [6.07, 6.45) is 0. The Morgan fingerprint density at radius 3 is 2.53 bits per heavy atom. The first-order valence-electron chi connectivity index (χ1n) is 4.10. The van der Waals surface area contributed by atoms with Gasteiger partial charge in [0.2, 0.25) is 5.75 Å². The number of amides is 1. The van der Waals surface area contributed by atoms with Gasteiger partial charge in [0.05, 0.1) is 12.0 Å². The molecule has 1 aromatic rings. The molecule has 0 bridgehead atoms. The van der Waals surface area contributed by atoms with Gasteiger partial charge in [-0.1, -0.05) is 6.07 Å². The van der Waals surface area contributed by atoms with Crippen molar-refractivity contribution in [2.75, 3.05) is 7.11 Å². The zero-order valence-electron chi connectivity index (χ0n) is 8.31. The molecular weight excluding hydrogens is 200 g/mol. The van der Waals surface area contributed by atoms with Crippen LogP contribution in [0.25, 0.3) is 0 Å². The quantitative estimate of drug-likeness (QED) is 0.594. The summed E-state index contributed by atoms with van der Waals surface area (Å²) in [6, 6.07) is 2.87. The highest BCUT2D eigenvalue weighted by Crippen LogP contribution is 2.33. The first-order chi connectivity index (χ1) is 6.99. The van der Waals surface area contributed by atoms with E-state index >= 15 is 0 Å². The van der Waals surface area contributed by atoms with Gasteiger partial charge in [0.15, 0.2) is 0 Å². The number of methoxy groups -OCH3 is 1. The van der Waals surface area contributed by atoms with E-state index in [9.17, 15) is 14.9 Å². The van der Waals surface area contributed by atoms with Gasteiger partial charge in [-0.25, -0.2) is 0 Å². The third-order valence-electron chi connectivity index (χ3n) is 1.98. The molecule has 0 atom stereocenters. The molecule has 1 aromatic carbocycles. The lowest BCUT2D eigenvalue weighted by Gasteiger charge is -2.07. The van der Waals surface area contributed by atoms with Gasteiger partial charge in [0.1, 0.15) is 5.56 Å². The summed E-state index contributed by atoms with van der Waals surface area (Å²) in [5.41, 5.74) is 5.07. The minimum absolute atomic E-state index is 0.0660. The number of ether oxygens (including phenoxy) is 1. The van der Waals surface area contributed by atoms with Crippen LogP contribution < -0.4 is 10.5 Å². The summed E-state index contributed by atoms with van der Waals surface area (Å²) in [7, 11) is 1.31. The van der Waals surface area contributed by atoms with E-state index < -0.39 is 10.8 Å². The van der Waals surface area contributed by atoms with Crippen molar-refractivity contribution in [2.24, 2.45) is 5.73 Å². The molecule has 0 fully saturated rings. The van der Waals surface area contributed by atoms with Crippen molar-refractivity contribution in [3.63, 3.8) is 0 Å². The maximum Gasteiger partial charge on any atom is 0.323 e. The van der Waals surface area contributed by atoms with E-state index in [0.717, 1.165) is 0 Å². The van der Waals surface area contributed by atoms with Gasteiger partial charge >= 0.3 is 5.69 Å². The maximum absolute atomic E-state index is 11.0. The number of hydrogen-bond acceptors (Lipinski definition) is 4. The van der Waals surface area contributed by atoms with Gasteiger partial charge < -0.3 is 10.5 Å². The summed E-state index contributed by atoms with van der Waals surface area (Å²) in [4.78, 5) is 21.1. The molecule has 0 aliphatic rings. The van der Waals surface area contributed by atoms with E-state index in [2.05, 4.69) is 0 Å². The topological polar surface area (TPSA) is 95.5 Å². The lowest BCUT2D eigenvalue weighted by atomic mass is 10.1. The largest absolute Gasteiger partial charge is 0.490 e. The average Bonchev–Trinajstić information content (AvgIpc) is 2.16. The van der Waals surface area contributed by atoms with Crippen LogP contribution >= 0.6 is 0 Å². The number of rotatable bonds is 3. The fourth-order valence-electron chi connectivity index (χ4n) is 1.31. The Bertz CT molecular complexity index is 428. The van der Waals surface area contributed by atoms with Crippen molar-refractivity contribution in [3.8, 4) is 5.75 Å². The van der Waals surface area contributed by atoms with Crippen molar-refractivity contribution >= 4 is 11.6 Å². The smallest absolute Gasteiger partial charge is 0.323 e. The summed E-state index contributed by atoms with van der Waals surface area (Å²) in [5.74, 6) is -0.781. The average molecular weight is 210 g/mol. The Morgan fingerprint density at radius 1 is 1.53 bits per heavy atom. The van der Waals surface area contributed by atoms with E-state index in [-0.39, 0.29) is 17.0 Å². The molecule has 0 saturated carbocycles. The SMILES string of the molecule is COc1c(C)ccc(C(N)=O)c1[N+](=O)[O-]. The second kappa shape index (κ2) is 3.95. The van der Waals surface area contributed by atoms with Crippen LogP contribution in [0.3, 0.4) is 0 Å². The van der Waals surface area contributed by atoms with E-state index in [1.54, 1.807) is 13.0 Å². The van der Waals surface area contributed by atoms with E-state index in [0.29, 0.717) is 5.56 Å². The molecule has 0 aromatic heterocycles. The normalized spacial score (nSPS) is 9.73. The predicted molar refractivity (Wildman–Crippen MR) is 52.9 cm³/mol. The van der Waals surface area contributed by atoms with Crippen molar-refractivity contribution in [2.45, 2.75) is 6.92 Å². The summed E-state index contributed by atoms with van der Waals surface area (Å²) in [5, 5.41) is 10.8. The maximum atomic E-state index is 11.0. The Hall–Kier alpha value is -2.11. The fourth-order valence-corrected chi connectivity index (χ4v) is 1.31. The van der Waals surface area contributed by atoms with Crippen LogP contribution in [0.2, 0.25) is 0 Å². The van der Waals surface area contributed by atoms with Gasteiger partial charge in [-0.15, -0.1) is 0 Å². The van der Waals surface area contributed by atoms with Gasteiger partial charge in [0, 0.05) is 0 Å². The number of nitro benzene ring substituents is 1. The van der Waals surface area contributed by atoms with E-state index in [4.69, 9.17) is 10.5 Å². The molecule has 0 aliphatic carbocycles. The number of carbonyl (C=O) groups excluding carboxylic acids is 1. The standard InChI is InChI=1S/C9H10N2O4/c1-5-3-4-6(9(10)12)7(11(13)14)8(5)15-2/h3-4H,1-2H3,(H2,10,12). The molecule has 0 radical (unpaired) electrons. The Kier molecular flexibility index (Phi) is 2.89. The molecule has 1 amide bonds. The summed E-state index contributed by atoms with van der Waals surface area (Å²) < 4.78 is 4.88. The van der Waals surface area contributed by atoms with Crippen LogP contribution in [-0.2, 0) is 0 Å².